The van der Waals surface area contributed by atoms with Crippen molar-refractivity contribution in [2.24, 2.45) is 0 Å². The van der Waals surface area contributed by atoms with E-state index < -0.39 is 0 Å². The van der Waals surface area contributed by atoms with E-state index in [0.29, 0.717) is 18.2 Å². The van der Waals surface area contributed by atoms with Crippen LogP contribution in [-0.4, -0.2) is 56.3 Å². The van der Waals surface area contributed by atoms with Crippen LogP contribution in [0.3, 0.4) is 0 Å². The number of carbonyl (C=O) groups excluding carboxylic acids is 1. The van der Waals surface area contributed by atoms with Gasteiger partial charge in [-0.25, -0.2) is 0 Å². The first-order chi connectivity index (χ1) is 11.3. The number of likely N-dealkylation sites (N-methyl/N-ethyl adjacent to an activating group) is 1. The molecule has 0 aliphatic carbocycles. The summed E-state index contributed by atoms with van der Waals surface area (Å²) in [5, 5.41) is 3.27. The van der Waals surface area contributed by atoms with Crippen molar-refractivity contribution in [2.75, 3.05) is 33.4 Å². The average molecular weight is 355 g/mol. The normalized spacial score (nSPS) is 23.6. The second-order valence-electron chi connectivity index (χ2n) is 6.35. The molecule has 3 rings (SSSR count). The van der Waals surface area contributed by atoms with E-state index in [1.165, 1.54) is 0 Å². The van der Waals surface area contributed by atoms with Crippen LogP contribution in [0.4, 0.5) is 0 Å². The molecule has 1 N–H and O–H groups in total. The van der Waals surface area contributed by atoms with Crippen molar-refractivity contribution in [3.63, 3.8) is 0 Å². The van der Waals surface area contributed by atoms with Crippen LogP contribution in [0.2, 0.25) is 0 Å². The van der Waals surface area contributed by atoms with E-state index in [1.807, 2.05) is 36.2 Å². The lowest BCUT2D eigenvalue weighted by molar-refractivity contribution is 0.0672. The highest BCUT2D eigenvalue weighted by Crippen LogP contribution is 2.19. The second kappa shape index (κ2) is 9.25. The monoisotopic (exact) mass is 354 g/mol. The Morgan fingerprint density at radius 2 is 2.25 bits per heavy atom. The number of carbonyl (C=O) groups is 1. The minimum Gasteiger partial charge on any atom is -0.491 e. The summed E-state index contributed by atoms with van der Waals surface area (Å²) >= 11 is 0. The first kappa shape index (κ1) is 19.0. The highest BCUT2D eigenvalue weighted by molar-refractivity contribution is 5.94. The molecule has 2 aliphatic heterocycles. The summed E-state index contributed by atoms with van der Waals surface area (Å²) in [6, 6.07) is 7.90. The molecule has 2 unspecified atom stereocenters. The van der Waals surface area contributed by atoms with E-state index in [0.717, 1.165) is 51.1 Å². The molecule has 6 heteroatoms. The van der Waals surface area contributed by atoms with Gasteiger partial charge < -0.3 is 19.7 Å². The number of rotatable bonds is 5. The fourth-order valence-corrected chi connectivity index (χ4v) is 3.26. The maximum atomic E-state index is 12.7. The van der Waals surface area contributed by atoms with Gasteiger partial charge in [-0.2, -0.15) is 0 Å². The standard InChI is InChI=1S/C18H26N2O3.ClH/c1-19-15-6-3-9-20(12-15)18(21)14-5-2-7-16(11-14)23-13-17-8-4-10-22-17;/h2,5,7,11,15,17,19H,3-4,6,8-10,12-13H2,1H3;1H. The van der Waals surface area contributed by atoms with Gasteiger partial charge in [-0.15, -0.1) is 12.4 Å². The van der Waals surface area contributed by atoms with Crippen molar-refractivity contribution in [1.29, 1.82) is 0 Å². The van der Waals surface area contributed by atoms with Crippen molar-refractivity contribution < 1.29 is 14.3 Å². The lowest BCUT2D eigenvalue weighted by atomic mass is 10.0. The zero-order chi connectivity index (χ0) is 16.1. The summed E-state index contributed by atoms with van der Waals surface area (Å²) < 4.78 is 11.4. The molecule has 1 aromatic carbocycles. The van der Waals surface area contributed by atoms with Gasteiger partial charge in [0.2, 0.25) is 0 Å². The van der Waals surface area contributed by atoms with E-state index in [9.17, 15) is 4.79 Å². The first-order valence-electron chi connectivity index (χ1n) is 8.57. The molecule has 2 saturated heterocycles. The predicted octanol–water partition coefficient (Wildman–Crippen LogP) is 2.49. The number of ether oxygens (including phenoxy) is 2. The van der Waals surface area contributed by atoms with E-state index in [2.05, 4.69) is 5.32 Å². The Kier molecular flexibility index (Phi) is 7.34. The number of benzene rings is 1. The summed E-state index contributed by atoms with van der Waals surface area (Å²) in [5.41, 5.74) is 0.701. The number of piperidine rings is 1. The van der Waals surface area contributed by atoms with Gasteiger partial charge in [0.1, 0.15) is 12.4 Å². The summed E-state index contributed by atoms with van der Waals surface area (Å²) in [6.45, 7) is 2.99. The molecule has 5 nitrogen and oxygen atoms in total. The fourth-order valence-electron chi connectivity index (χ4n) is 3.26. The maximum Gasteiger partial charge on any atom is 0.254 e. The summed E-state index contributed by atoms with van der Waals surface area (Å²) in [4.78, 5) is 14.6. The third kappa shape index (κ3) is 4.85. The zero-order valence-electron chi connectivity index (χ0n) is 14.2. The Morgan fingerprint density at radius 3 is 3.00 bits per heavy atom. The lowest BCUT2D eigenvalue weighted by Gasteiger charge is -2.32. The van der Waals surface area contributed by atoms with Gasteiger partial charge in [0.15, 0.2) is 0 Å². The number of nitrogens with one attached hydrogen (secondary N) is 1. The topological polar surface area (TPSA) is 50.8 Å². The van der Waals surface area contributed by atoms with Crippen LogP contribution < -0.4 is 10.1 Å². The molecule has 0 spiro atoms. The molecule has 2 heterocycles. The minimum absolute atomic E-state index is 0. The quantitative estimate of drug-likeness (QED) is 0.882. The number of likely N-dealkylation sites (tertiary alicyclic amines) is 1. The fraction of sp³-hybridized carbons (Fsp3) is 0.611. The number of hydrogen-bond acceptors (Lipinski definition) is 4. The van der Waals surface area contributed by atoms with Gasteiger partial charge >= 0.3 is 0 Å². The van der Waals surface area contributed by atoms with Crippen molar-refractivity contribution >= 4 is 18.3 Å². The van der Waals surface area contributed by atoms with Gasteiger partial charge in [0.05, 0.1) is 6.10 Å². The SMILES string of the molecule is CNC1CCCN(C(=O)c2cccc(OCC3CCCO3)c2)C1.Cl. The minimum atomic E-state index is 0. The third-order valence-electron chi connectivity index (χ3n) is 4.66. The average Bonchev–Trinajstić information content (AvgIpc) is 3.13. The van der Waals surface area contributed by atoms with Crippen molar-refractivity contribution in [2.45, 2.75) is 37.8 Å². The Hall–Kier alpha value is -1.30. The molecule has 2 aliphatic rings. The molecular formula is C18H27ClN2O3. The molecule has 0 saturated carbocycles. The van der Waals surface area contributed by atoms with Gasteiger partial charge in [-0.05, 0) is 50.9 Å². The molecule has 2 atom stereocenters. The van der Waals surface area contributed by atoms with Crippen molar-refractivity contribution in [1.82, 2.24) is 10.2 Å². The zero-order valence-corrected chi connectivity index (χ0v) is 15.0. The number of nitrogens with zero attached hydrogens (tertiary/aromatic N) is 1. The molecular weight excluding hydrogens is 328 g/mol. The van der Waals surface area contributed by atoms with Gasteiger partial charge in [-0.3, -0.25) is 4.79 Å². The third-order valence-corrected chi connectivity index (χ3v) is 4.66. The Bertz CT molecular complexity index is 535. The molecule has 1 aromatic rings. The Labute approximate surface area is 150 Å². The lowest BCUT2D eigenvalue weighted by Crippen LogP contribution is -2.46. The first-order valence-corrected chi connectivity index (χ1v) is 8.57. The van der Waals surface area contributed by atoms with Crippen molar-refractivity contribution in [3.8, 4) is 5.75 Å². The van der Waals surface area contributed by atoms with Crippen LogP contribution in [0.25, 0.3) is 0 Å². The highest BCUT2D eigenvalue weighted by atomic mass is 35.5. The Morgan fingerprint density at radius 1 is 1.38 bits per heavy atom. The molecule has 1 amide bonds. The van der Waals surface area contributed by atoms with Crippen LogP contribution in [-0.2, 0) is 4.74 Å². The number of amides is 1. The van der Waals surface area contributed by atoms with Crippen LogP contribution in [0.1, 0.15) is 36.0 Å². The van der Waals surface area contributed by atoms with Crippen LogP contribution in [0.15, 0.2) is 24.3 Å². The van der Waals surface area contributed by atoms with Crippen LogP contribution in [0.5, 0.6) is 5.75 Å². The largest absolute Gasteiger partial charge is 0.491 e. The smallest absolute Gasteiger partial charge is 0.254 e. The van der Waals surface area contributed by atoms with E-state index >= 15 is 0 Å². The van der Waals surface area contributed by atoms with E-state index in [-0.39, 0.29) is 24.4 Å². The maximum absolute atomic E-state index is 12.7. The van der Waals surface area contributed by atoms with Gasteiger partial charge in [0, 0.05) is 31.3 Å². The van der Waals surface area contributed by atoms with E-state index in [4.69, 9.17) is 9.47 Å². The second-order valence-corrected chi connectivity index (χ2v) is 6.35. The van der Waals surface area contributed by atoms with Gasteiger partial charge in [0.25, 0.3) is 5.91 Å². The molecule has 24 heavy (non-hydrogen) atoms. The van der Waals surface area contributed by atoms with Crippen molar-refractivity contribution in [3.05, 3.63) is 29.8 Å². The number of halogens is 1. The van der Waals surface area contributed by atoms with Crippen LogP contribution in [0, 0.1) is 0 Å². The van der Waals surface area contributed by atoms with Gasteiger partial charge in [-0.1, -0.05) is 6.07 Å². The van der Waals surface area contributed by atoms with Crippen LogP contribution >= 0.6 is 12.4 Å². The highest BCUT2D eigenvalue weighted by Gasteiger charge is 2.24. The molecule has 0 bridgehead atoms. The molecule has 134 valence electrons. The summed E-state index contributed by atoms with van der Waals surface area (Å²) in [5.74, 6) is 0.834. The van der Waals surface area contributed by atoms with E-state index in [1.54, 1.807) is 0 Å². The summed E-state index contributed by atoms with van der Waals surface area (Å²) in [6.07, 6.45) is 4.52. The molecule has 0 aromatic heterocycles. The number of hydrogen-bond donors (Lipinski definition) is 1. The predicted molar refractivity (Wildman–Crippen MR) is 96.1 cm³/mol. The molecule has 2 fully saturated rings. The molecule has 0 radical (unpaired) electrons. The Balaban J connectivity index is 0.00000208. The summed E-state index contributed by atoms with van der Waals surface area (Å²) in [7, 11) is 1.96.